The molecule has 1 saturated heterocycles. The van der Waals surface area contributed by atoms with Gasteiger partial charge in [0.05, 0.1) is 0 Å². The summed E-state index contributed by atoms with van der Waals surface area (Å²) in [6, 6.07) is 0. The Bertz CT molecular complexity index is 165. The molecule has 2 rings (SSSR count). The molecule has 1 saturated carbocycles. The van der Waals surface area contributed by atoms with Crippen LogP contribution >= 0.6 is 0 Å². The van der Waals surface area contributed by atoms with Crippen LogP contribution < -0.4 is 5.32 Å². The van der Waals surface area contributed by atoms with E-state index < -0.39 is 0 Å². The van der Waals surface area contributed by atoms with Crippen LogP contribution in [0.25, 0.3) is 0 Å². The van der Waals surface area contributed by atoms with Gasteiger partial charge in [0.2, 0.25) is 0 Å². The standard InChI is InChI=1S/C8H13NO2/c10-6-11-7-1-2-8(3-7)4-9-5-8/h6-7,9H,1-5H2. The van der Waals surface area contributed by atoms with Crippen molar-refractivity contribution >= 4 is 6.47 Å². The minimum atomic E-state index is 0.203. The largest absolute Gasteiger partial charge is 0.465 e. The van der Waals surface area contributed by atoms with Crippen molar-refractivity contribution in [3.63, 3.8) is 0 Å². The molecule has 0 amide bonds. The summed E-state index contributed by atoms with van der Waals surface area (Å²) in [6.45, 7) is 2.81. The quantitative estimate of drug-likeness (QED) is 0.583. The molecule has 0 aromatic carbocycles. The maximum atomic E-state index is 10.0. The van der Waals surface area contributed by atoms with Crippen LogP contribution in [-0.4, -0.2) is 25.7 Å². The minimum Gasteiger partial charge on any atom is -0.465 e. The summed E-state index contributed by atoms with van der Waals surface area (Å²) < 4.78 is 4.93. The number of carbonyl (C=O) groups excluding carboxylic acids is 1. The SMILES string of the molecule is O=COC1CCC2(CNC2)C1. The van der Waals surface area contributed by atoms with Gasteiger partial charge in [0.1, 0.15) is 6.10 Å². The molecule has 3 heteroatoms. The molecule has 1 heterocycles. The van der Waals surface area contributed by atoms with Gasteiger partial charge in [-0.2, -0.15) is 0 Å². The zero-order valence-electron chi connectivity index (χ0n) is 6.51. The Morgan fingerprint density at radius 3 is 2.82 bits per heavy atom. The lowest BCUT2D eigenvalue weighted by atomic mass is 9.80. The molecule has 11 heavy (non-hydrogen) atoms. The second-order valence-electron chi connectivity index (χ2n) is 3.70. The van der Waals surface area contributed by atoms with Gasteiger partial charge in [0.25, 0.3) is 6.47 Å². The summed E-state index contributed by atoms with van der Waals surface area (Å²) in [6.07, 6.45) is 3.55. The molecule has 3 nitrogen and oxygen atoms in total. The van der Waals surface area contributed by atoms with Crippen LogP contribution in [0.2, 0.25) is 0 Å². The Hall–Kier alpha value is -0.570. The van der Waals surface area contributed by atoms with E-state index in [1.165, 1.54) is 6.42 Å². The first-order valence-corrected chi connectivity index (χ1v) is 4.14. The summed E-state index contributed by atoms with van der Waals surface area (Å²) in [4.78, 5) is 10.0. The Kier molecular flexibility index (Phi) is 1.60. The lowest BCUT2D eigenvalue weighted by Crippen LogP contribution is -2.52. The Labute approximate surface area is 66.1 Å². The van der Waals surface area contributed by atoms with Crippen LogP contribution in [0.3, 0.4) is 0 Å². The van der Waals surface area contributed by atoms with Crippen molar-refractivity contribution in [2.45, 2.75) is 25.4 Å². The highest BCUT2D eigenvalue weighted by Crippen LogP contribution is 2.42. The van der Waals surface area contributed by atoms with Crippen LogP contribution in [0.4, 0.5) is 0 Å². The highest BCUT2D eigenvalue weighted by molar-refractivity contribution is 5.37. The number of hydrogen-bond acceptors (Lipinski definition) is 3. The Morgan fingerprint density at radius 2 is 2.36 bits per heavy atom. The second kappa shape index (κ2) is 2.48. The molecule has 62 valence electrons. The van der Waals surface area contributed by atoms with Crippen molar-refractivity contribution in [1.82, 2.24) is 5.32 Å². The first-order chi connectivity index (χ1) is 5.35. The predicted octanol–water partition coefficient (Wildman–Crippen LogP) is 0.301. The van der Waals surface area contributed by atoms with Crippen LogP contribution in [0.1, 0.15) is 19.3 Å². The van der Waals surface area contributed by atoms with Crippen LogP contribution in [-0.2, 0) is 9.53 Å². The number of rotatable bonds is 2. The molecule has 1 N–H and O–H groups in total. The third-order valence-corrected chi connectivity index (χ3v) is 2.91. The molecular formula is C8H13NO2. The second-order valence-corrected chi connectivity index (χ2v) is 3.70. The van der Waals surface area contributed by atoms with Gasteiger partial charge in [-0.3, -0.25) is 4.79 Å². The molecule has 1 aliphatic heterocycles. The van der Waals surface area contributed by atoms with E-state index in [0.717, 1.165) is 25.9 Å². The molecule has 0 radical (unpaired) electrons. The number of ether oxygens (including phenoxy) is 1. The molecule has 0 bridgehead atoms. The van der Waals surface area contributed by atoms with E-state index in [0.29, 0.717) is 11.9 Å². The van der Waals surface area contributed by atoms with Crippen molar-refractivity contribution < 1.29 is 9.53 Å². The van der Waals surface area contributed by atoms with Gasteiger partial charge < -0.3 is 10.1 Å². The van der Waals surface area contributed by atoms with E-state index in [2.05, 4.69) is 5.32 Å². The maximum Gasteiger partial charge on any atom is 0.293 e. The lowest BCUT2D eigenvalue weighted by Gasteiger charge is -2.39. The average molecular weight is 155 g/mol. The van der Waals surface area contributed by atoms with Crippen molar-refractivity contribution in [1.29, 1.82) is 0 Å². The van der Waals surface area contributed by atoms with Crippen molar-refractivity contribution in [2.24, 2.45) is 5.41 Å². The third kappa shape index (κ3) is 1.13. The maximum absolute atomic E-state index is 10.0. The molecule has 2 aliphatic rings. The minimum absolute atomic E-state index is 0.203. The average Bonchev–Trinajstić information content (AvgIpc) is 2.32. The highest BCUT2D eigenvalue weighted by atomic mass is 16.5. The summed E-state index contributed by atoms with van der Waals surface area (Å²) in [5.74, 6) is 0. The summed E-state index contributed by atoms with van der Waals surface area (Å²) in [5.41, 5.74) is 0.494. The first-order valence-electron chi connectivity index (χ1n) is 4.14. The zero-order chi connectivity index (χ0) is 7.73. The normalized spacial score (nSPS) is 33.3. The number of nitrogens with one attached hydrogen (secondary N) is 1. The van der Waals surface area contributed by atoms with Gasteiger partial charge in [-0.15, -0.1) is 0 Å². The summed E-state index contributed by atoms with van der Waals surface area (Å²) in [5, 5.41) is 3.26. The molecule has 1 spiro atoms. The molecule has 1 unspecified atom stereocenters. The molecule has 0 aromatic rings. The van der Waals surface area contributed by atoms with Crippen LogP contribution in [0, 0.1) is 5.41 Å². The topological polar surface area (TPSA) is 38.3 Å². The summed E-state index contributed by atoms with van der Waals surface area (Å²) in [7, 11) is 0. The molecule has 1 atom stereocenters. The van der Waals surface area contributed by atoms with Gasteiger partial charge in [-0.05, 0) is 24.7 Å². The van der Waals surface area contributed by atoms with Gasteiger partial charge in [0, 0.05) is 13.1 Å². The fraction of sp³-hybridized carbons (Fsp3) is 0.875. The van der Waals surface area contributed by atoms with E-state index >= 15 is 0 Å². The first kappa shape index (κ1) is 7.10. The fourth-order valence-corrected chi connectivity index (χ4v) is 2.15. The predicted molar refractivity (Wildman–Crippen MR) is 40.1 cm³/mol. The van der Waals surface area contributed by atoms with Gasteiger partial charge in [-0.1, -0.05) is 0 Å². The molecule has 0 aromatic heterocycles. The smallest absolute Gasteiger partial charge is 0.293 e. The van der Waals surface area contributed by atoms with Crippen LogP contribution in [0.5, 0.6) is 0 Å². The van der Waals surface area contributed by atoms with Gasteiger partial charge in [-0.25, -0.2) is 0 Å². The van der Waals surface area contributed by atoms with Gasteiger partial charge >= 0.3 is 0 Å². The number of carbonyl (C=O) groups is 1. The van der Waals surface area contributed by atoms with E-state index in [9.17, 15) is 4.79 Å². The van der Waals surface area contributed by atoms with E-state index in [-0.39, 0.29) is 6.10 Å². The monoisotopic (exact) mass is 155 g/mol. The highest BCUT2D eigenvalue weighted by Gasteiger charge is 2.44. The number of hydrogen-bond donors (Lipinski definition) is 1. The summed E-state index contributed by atoms with van der Waals surface area (Å²) >= 11 is 0. The lowest BCUT2D eigenvalue weighted by molar-refractivity contribution is -0.133. The van der Waals surface area contributed by atoms with E-state index in [4.69, 9.17) is 4.74 Å². The Balaban J connectivity index is 1.87. The van der Waals surface area contributed by atoms with E-state index in [1.54, 1.807) is 0 Å². The third-order valence-electron chi connectivity index (χ3n) is 2.91. The molecule has 1 aliphatic carbocycles. The molecular weight excluding hydrogens is 142 g/mol. The zero-order valence-corrected chi connectivity index (χ0v) is 6.51. The van der Waals surface area contributed by atoms with Crippen LogP contribution in [0.15, 0.2) is 0 Å². The van der Waals surface area contributed by atoms with Gasteiger partial charge in [0.15, 0.2) is 0 Å². The van der Waals surface area contributed by atoms with E-state index in [1.807, 2.05) is 0 Å². The molecule has 2 fully saturated rings. The van der Waals surface area contributed by atoms with Crippen molar-refractivity contribution in [2.75, 3.05) is 13.1 Å². The van der Waals surface area contributed by atoms with Crippen molar-refractivity contribution in [3.05, 3.63) is 0 Å². The van der Waals surface area contributed by atoms with Crippen molar-refractivity contribution in [3.8, 4) is 0 Å². The fourth-order valence-electron chi connectivity index (χ4n) is 2.15. The Morgan fingerprint density at radius 1 is 1.55 bits per heavy atom.